The molecule has 0 aliphatic rings. The van der Waals surface area contributed by atoms with Gasteiger partial charge in [0.15, 0.2) is 0 Å². The van der Waals surface area contributed by atoms with E-state index in [0.29, 0.717) is 30.1 Å². The molecule has 0 bridgehead atoms. The minimum atomic E-state index is -0.818. The Hall–Kier alpha value is -3.34. The number of aliphatic carboxylic acids is 1. The van der Waals surface area contributed by atoms with E-state index in [1.54, 1.807) is 19.2 Å². The highest BCUT2D eigenvalue weighted by atomic mass is 19.1. The number of halogens is 1. The molecular weight excluding hydrogens is 431 g/mol. The number of carboxylic acid groups (broad SMARTS) is 1. The number of ether oxygens (including phenoxy) is 2. The van der Waals surface area contributed by atoms with Gasteiger partial charge in [-0.2, -0.15) is 0 Å². The Morgan fingerprint density at radius 1 is 0.971 bits per heavy atom. The summed E-state index contributed by atoms with van der Waals surface area (Å²) in [4.78, 5) is 10.8. The van der Waals surface area contributed by atoms with Crippen LogP contribution in [0.5, 0.6) is 11.5 Å². The van der Waals surface area contributed by atoms with Crippen LogP contribution in [0.1, 0.15) is 50.3 Å². The maximum Gasteiger partial charge on any atom is 0.303 e. The molecular formula is C29H33FO4. The van der Waals surface area contributed by atoms with Crippen molar-refractivity contribution >= 4 is 5.97 Å². The molecule has 0 fully saturated rings. The molecule has 0 saturated heterocycles. The number of carbonyl (C=O) groups is 1. The lowest BCUT2D eigenvalue weighted by molar-refractivity contribution is -0.136. The van der Waals surface area contributed by atoms with Crippen molar-refractivity contribution in [2.45, 2.75) is 53.1 Å². The van der Waals surface area contributed by atoms with Gasteiger partial charge in [0.2, 0.25) is 0 Å². The molecule has 0 aliphatic carbocycles. The van der Waals surface area contributed by atoms with Crippen LogP contribution < -0.4 is 9.47 Å². The molecule has 4 nitrogen and oxygen atoms in total. The molecule has 3 rings (SSSR count). The number of aryl methyl sites for hydroxylation is 1. The molecule has 0 aliphatic heterocycles. The van der Waals surface area contributed by atoms with Crippen LogP contribution >= 0.6 is 0 Å². The zero-order valence-electron chi connectivity index (χ0n) is 20.4. The quantitative estimate of drug-likeness (QED) is 0.330. The van der Waals surface area contributed by atoms with Gasteiger partial charge >= 0.3 is 5.97 Å². The monoisotopic (exact) mass is 464 g/mol. The summed E-state index contributed by atoms with van der Waals surface area (Å²) in [5.41, 5.74) is 4.42. The largest absolute Gasteiger partial charge is 0.497 e. The van der Waals surface area contributed by atoms with Crippen molar-refractivity contribution in [3.05, 3.63) is 83.2 Å². The third kappa shape index (κ3) is 6.83. The van der Waals surface area contributed by atoms with Gasteiger partial charge in [0.05, 0.1) is 7.11 Å². The SMILES string of the molecule is CCC(C)(C)Cc1cc(COc2cccc(CCC(=O)O)c2)ccc1-c1cc(OC)ccc1F. The highest BCUT2D eigenvalue weighted by Gasteiger charge is 2.20. The highest BCUT2D eigenvalue weighted by molar-refractivity contribution is 5.70. The lowest BCUT2D eigenvalue weighted by Gasteiger charge is -2.25. The molecule has 0 unspecified atom stereocenters. The van der Waals surface area contributed by atoms with E-state index < -0.39 is 5.97 Å². The Morgan fingerprint density at radius 3 is 2.47 bits per heavy atom. The summed E-state index contributed by atoms with van der Waals surface area (Å²) < 4.78 is 26.1. The standard InChI is InChI=1S/C29H33FO4/c1-5-29(2,3)18-22-15-21(9-12-25(22)26-17-23(33-4)11-13-27(26)30)19-34-24-8-6-7-20(16-24)10-14-28(31)32/h6-9,11-13,15-17H,5,10,14,18-19H2,1-4H3,(H,31,32). The first-order valence-corrected chi connectivity index (χ1v) is 11.6. The number of benzene rings is 3. The van der Waals surface area contributed by atoms with Crippen LogP contribution in [0.3, 0.4) is 0 Å². The van der Waals surface area contributed by atoms with E-state index in [1.807, 2.05) is 36.4 Å². The lowest BCUT2D eigenvalue weighted by Crippen LogP contribution is -2.14. The Morgan fingerprint density at radius 2 is 1.76 bits per heavy atom. The number of carboxylic acids is 1. The number of methoxy groups -OCH3 is 1. The van der Waals surface area contributed by atoms with Gasteiger partial charge in [-0.15, -0.1) is 0 Å². The zero-order chi connectivity index (χ0) is 24.7. The van der Waals surface area contributed by atoms with Crippen LogP contribution in [0.4, 0.5) is 4.39 Å². The van der Waals surface area contributed by atoms with Gasteiger partial charge in [-0.05, 0) is 70.8 Å². The van der Waals surface area contributed by atoms with Crippen molar-refractivity contribution in [3.63, 3.8) is 0 Å². The summed E-state index contributed by atoms with van der Waals surface area (Å²) in [6, 6.07) is 18.3. The fourth-order valence-corrected chi connectivity index (χ4v) is 3.83. The second kappa shape index (κ2) is 11.2. The molecule has 3 aromatic rings. The van der Waals surface area contributed by atoms with Crippen LogP contribution in [0.25, 0.3) is 11.1 Å². The number of hydrogen-bond donors (Lipinski definition) is 1. The predicted molar refractivity (Wildman–Crippen MR) is 133 cm³/mol. The van der Waals surface area contributed by atoms with Crippen LogP contribution in [0.15, 0.2) is 60.7 Å². The molecule has 34 heavy (non-hydrogen) atoms. The second-order valence-electron chi connectivity index (χ2n) is 9.36. The fraction of sp³-hybridized carbons (Fsp3) is 0.345. The maximum atomic E-state index is 14.8. The van der Waals surface area contributed by atoms with Gasteiger partial charge in [0, 0.05) is 12.0 Å². The highest BCUT2D eigenvalue weighted by Crippen LogP contribution is 2.35. The van der Waals surface area contributed by atoms with Gasteiger partial charge in [-0.3, -0.25) is 4.79 Å². The van der Waals surface area contributed by atoms with E-state index >= 15 is 0 Å². The number of hydrogen-bond acceptors (Lipinski definition) is 3. The molecule has 0 saturated carbocycles. The van der Waals surface area contributed by atoms with Crippen molar-refractivity contribution in [2.24, 2.45) is 5.41 Å². The Labute approximate surface area is 201 Å². The Balaban J connectivity index is 1.87. The average Bonchev–Trinajstić information content (AvgIpc) is 2.82. The first-order valence-electron chi connectivity index (χ1n) is 11.6. The molecule has 0 aromatic heterocycles. The molecule has 1 N–H and O–H groups in total. The van der Waals surface area contributed by atoms with Crippen LogP contribution in [-0.4, -0.2) is 18.2 Å². The normalized spacial score (nSPS) is 11.3. The smallest absolute Gasteiger partial charge is 0.303 e. The van der Waals surface area contributed by atoms with Crippen molar-refractivity contribution in [3.8, 4) is 22.6 Å². The second-order valence-corrected chi connectivity index (χ2v) is 9.36. The summed E-state index contributed by atoms with van der Waals surface area (Å²) >= 11 is 0. The molecule has 0 amide bonds. The molecule has 0 atom stereocenters. The van der Waals surface area contributed by atoms with Crippen molar-refractivity contribution in [1.82, 2.24) is 0 Å². The van der Waals surface area contributed by atoms with Gasteiger partial charge in [-0.25, -0.2) is 4.39 Å². The minimum Gasteiger partial charge on any atom is -0.497 e. The summed E-state index contributed by atoms with van der Waals surface area (Å²) in [6.45, 7) is 6.95. The van der Waals surface area contributed by atoms with E-state index in [-0.39, 0.29) is 17.7 Å². The van der Waals surface area contributed by atoms with E-state index in [0.717, 1.165) is 35.1 Å². The fourth-order valence-electron chi connectivity index (χ4n) is 3.83. The average molecular weight is 465 g/mol. The molecule has 0 spiro atoms. The summed E-state index contributed by atoms with van der Waals surface area (Å²) in [5, 5.41) is 8.91. The first kappa shape index (κ1) is 25.3. The maximum absolute atomic E-state index is 14.8. The summed E-state index contributed by atoms with van der Waals surface area (Å²) in [6.07, 6.45) is 2.34. The van der Waals surface area contributed by atoms with E-state index in [4.69, 9.17) is 14.6 Å². The molecule has 0 radical (unpaired) electrons. The lowest BCUT2D eigenvalue weighted by atomic mass is 9.80. The van der Waals surface area contributed by atoms with Crippen molar-refractivity contribution in [1.29, 1.82) is 0 Å². The van der Waals surface area contributed by atoms with Crippen molar-refractivity contribution < 1.29 is 23.8 Å². The van der Waals surface area contributed by atoms with Gasteiger partial charge in [0.25, 0.3) is 0 Å². The third-order valence-corrected chi connectivity index (χ3v) is 6.19. The summed E-state index contributed by atoms with van der Waals surface area (Å²) in [5.74, 6) is 0.216. The van der Waals surface area contributed by atoms with Crippen molar-refractivity contribution in [2.75, 3.05) is 7.11 Å². The van der Waals surface area contributed by atoms with E-state index in [1.165, 1.54) is 6.07 Å². The van der Waals surface area contributed by atoms with Gasteiger partial charge in [0.1, 0.15) is 23.9 Å². The minimum absolute atomic E-state index is 0.0576. The van der Waals surface area contributed by atoms with Crippen LogP contribution in [0.2, 0.25) is 0 Å². The van der Waals surface area contributed by atoms with Gasteiger partial charge in [-0.1, -0.05) is 57.5 Å². The molecule has 0 heterocycles. The molecule has 3 aromatic carbocycles. The topological polar surface area (TPSA) is 55.8 Å². The predicted octanol–water partition coefficient (Wildman–Crippen LogP) is 7.08. The van der Waals surface area contributed by atoms with E-state index in [2.05, 4.69) is 26.8 Å². The van der Waals surface area contributed by atoms with Crippen LogP contribution in [-0.2, 0) is 24.2 Å². The third-order valence-electron chi connectivity index (χ3n) is 6.19. The van der Waals surface area contributed by atoms with Crippen LogP contribution in [0, 0.1) is 11.2 Å². The number of rotatable bonds is 11. The molecule has 180 valence electrons. The zero-order valence-corrected chi connectivity index (χ0v) is 20.4. The van der Waals surface area contributed by atoms with Gasteiger partial charge < -0.3 is 14.6 Å². The van der Waals surface area contributed by atoms with E-state index in [9.17, 15) is 9.18 Å². The molecule has 5 heteroatoms. The Kier molecular flexibility index (Phi) is 8.32. The Bertz CT molecular complexity index is 1140. The first-order chi connectivity index (χ1) is 16.2. The summed E-state index contributed by atoms with van der Waals surface area (Å²) in [7, 11) is 1.58.